The Kier molecular flexibility index (Phi) is 5.87. The molecule has 0 unspecified atom stereocenters. The van der Waals surface area contributed by atoms with Crippen molar-refractivity contribution in [3.63, 3.8) is 0 Å². The Morgan fingerprint density at radius 2 is 1.78 bits per heavy atom. The number of hydrogen-bond donors (Lipinski definition) is 1. The van der Waals surface area contributed by atoms with Crippen molar-refractivity contribution < 1.29 is 14.4 Å². The third-order valence-corrected chi connectivity index (χ3v) is 5.53. The molecule has 0 radical (unpaired) electrons. The second-order valence-electron chi connectivity index (χ2n) is 6.28. The highest BCUT2D eigenvalue weighted by Crippen LogP contribution is 2.27. The summed E-state index contributed by atoms with van der Waals surface area (Å²) in [5.74, 6) is -0.629. The largest absolute Gasteiger partial charge is 0.324 e. The van der Waals surface area contributed by atoms with E-state index in [1.54, 1.807) is 54.2 Å². The zero-order valence-electron chi connectivity index (χ0n) is 15.0. The summed E-state index contributed by atoms with van der Waals surface area (Å²) in [4.78, 5) is 39.5. The summed E-state index contributed by atoms with van der Waals surface area (Å²) >= 11 is 7.67. The smallest absolute Gasteiger partial charge is 0.262 e. The Labute approximate surface area is 167 Å². The van der Waals surface area contributed by atoms with E-state index in [-0.39, 0.29) is 0 Å². The van der Waals surface area contributed by atoms with Gasteiger partial charge < -0.3 is 5.32 Å². The summed E-state index contributed by atoms with van der Waals surface area (Å²) in [7, 11) is 0. The van der Waals surface area contributed by atoms with Crippen molar-refractivity contribution in [1.82, 2.24) is 4.90 Å². The molecular formula is C20H19ClN2O3S. The highest BCUT2D eigenvalue weighted by Gasteiger charge is 2.42. The molecule has 5 nitrogen and oxygen atoms in total. The molecule has 3 amide bonds. The van der Waals surface area contributed by atoms with Crippen LogP contribution >= 0.6 is 23.4 Å². The Hall–Kier alpha value is -2.31. The van der Waals surface area contributed by atoms with Crippen LogP contribution in [0.3, 0.4) is 0 Å². The third-order valence-electron chi connectivity index (χ3n) is 4.47. The van der Waals surface area contributed by atoms with Crippen molar-refractivity contribution in [3.05, 3.63) is 64.2 Å². The first-order valence-corrected chi connectivity index (χ1v) is 10.2. The molecule has 0 saturated carbocycles. The average Bonchev–Trinajstić information content (AvgIpc) is 2.90. The van der Waals surface area contributed by atoms with E-state index in [1.165, 1.54) is 0 Å². The van der Waals surface area contributed by atoms with Gasteiger partial charge in [-0.25, -0.2) is 0 Å². The van der Waals surface area contributed by atoms with Crippen LogP contribution in [0, 0.1) is 6.92 Å². The molecule has 0 aromatic heterocycles. The van der Waals surface area contributed by atoms with Crippen LogP contribution < -0.4 is 5.32 Å². The zero-order chi connectivity index (χ0) is 19.6. The van der Waals surface area contributed by atoms with E-state index in [0.717, 1.165) is 10.5 Å². The fraction of sp³-hybridized carbons (Fsp3) is 0.250. The number of halogens is 1. The number of hydrogen-bond acceptors (Lipinski definition) is 4. The lowest BCUT2D eigenvalue weighted by Gasteiger charge is -2.25. The highest BCUT2D eigenvalue weighted by atomic mass is 35.5. The number of nitrogens with zero attached hydrogens (tertiary/aromatic N) is 1. The lowest BCUT2D eigenvalue weighted by Crippen LogP contribution is -2.47. The van der Waals surface area contributed by atoms with Gasteiger partial charge in [0.25, 0.3) is 11.8 Å². The summed E-state index contributed by atoms with van der Waals surface area (Å²) in [5.41, 5.74) is 2.10. The molecule has 3 rings (SSSR count). The van der Waals surface area contributed by atoms with Crippen molar-refractivity contribution in [2.45, 2.75) is 19.4 Å². The molecule has 2 aromatic carbocycles. The number of carbonyl (C=O) groups excluding carboxylic acids is 3. The Morgan fingerprint density at radius 1 is 1.15 bits per heavy atom. The number of imide groups is 1. The van der Waals surface area contributed by atoms with Crippen LogP contribution in [0.1, 0.15) is 32.7 Å². The molecule has 140 valence electrons. The number of rotatable bonds is 6. The lowest BCUT2D eigenvalue weighted by atomic mass is 10.1. The van der Waals surface area contributed by atoms with Gasteiger partial charge in [-0.3, -0.25) is 19.3 Å². The minimum Gasteiger partial charge on any atom is -0.324 e. The maximum atomic E-state index is 12.9. The summed E-state index contributed by atoms with van der Waals surface area (Å²) < 4.78 is 0. The van der Waals surface area contributed by atoms with Crippen molar-refractivity contribution in [1.29, 1.82) is 0 Å². The highest BCUT2D eigenvalue weighted by molar-refractivity contribution is 7.98. The Morgan fingerprint density at radius 3 is 2.33 bits per heavy atom. The first-order valence-electron chi connectivity index (χ1n) is 8.47. The average molecular weight is 403 g/mol. The standard InChI is InChI=1S/C20H19ClN2O3S/c1-12-7-8-13(11-16(12)21)22-18(24)17(9-10-27-2)23-19(25)14-5-3-4-6-15(14)20(23)26/h3-8,11,17H,9-10H2,1-2H3,(H,22,24)/t17-/m0/s1. The predicted octanol–water partition coefficient (Wildman–Crippen LogP) is 4.00. The maximum absolute atomic E-state index is 12.9. The normalized spacial score (nSPS) is 14.3. The molecule has 1 atom stereocenters. The molecule has 0 saturated heterocycles. The van der Waals surface area contributed by atoms with E-state index < -0.39 is 23.8 Å². The van der Waals surface area contributed by atoms with Crippen LogP contribution in [0.5, 0.6) is 0 Å². The van der Waals surface area contributed by atoms with Crippen LogP contribution in [0.25, 0.3) is 0 Å². The zero-order valence-corrected chi connectivity index (χ0v) is 16.6. The van der Waals surface area contributed by atoms with Crippen LogP contribution in [-0.4, -0.2) is 40.7 Å². The fourth-order valence-electron chi connectivity index (χ4n) is 2.99. The van der Waals surface area contributed by atoms with E-state index in [2.05, 4.69) is 5.32 Å². The minimum absolute atomic E-state index is 0.336. The lowest BCUT2D eigenvalue weighted by molar-refractivity contribution is -0.120. The molecule has 1 aliphatic rings. The second-order valence-corrected chi connectivity index (χ2v) is 7.67. The van der Waals surface area contributed by atoms with Gasteiger partial charge in [-0.2, -0.15) is 11.8 Å². The number of aryl methyl sites for hydroxylation is 1. The van der Waals surface area contributed by atoms with Gasteiger partial charge in [0.05, 0.1) is 11.1 Å². The van der Waals surface area contributed by atoms with Gasteiger partial charge in [0.1, 0.15) is 6.04 Å². The number of carbonyl (C=O) groups is 3. The fourth-order valence-corrected chi connectivity index (χ4v) is 3.63. The quantitative estimate of drug-likeness (QED) is 0.741. The first kappa shape index (κ1) is 19.5. The van der Waals surface area contributed by atoms with E-state index >= 15 is 0 Å². The minimum atomic E-state index is -0.884. The molecule has 2 aromatic rings. The van der Waals surface area contributed by atoms with E-state index in [1.807, 2.05) is 13.2 Å². The number of benzene rings is 2. The number of nitrogens with one attached hydrogen (secondary N) is 1. The number of anilines is 1. The summed E-state index contributed by atoms with van der Waals surface area (Å²) in [6, 6.07) is 11.0. The number of amides is 3. The van der Waals surface area contributed by atoms with Crippen LogP contribution in [0.4, 0.5) is 5.69 Å². The van der Waals surface area contributed by atoms with Crippen LogP contribution in [0.15, 0.2) is 42.5 Å². The molecule has 7 heteroatoms. The van der Waals surface area contributed by atoms with E-state index in [9.17, 15) is 14.4 Å². The van der Waals surface area contributed by atoms with Crippen molar-refractivity contribution in [2.24, 2.45) is 0 Å². The Bertz CT molecular complexity index is 881. The van der Waals surface area contributed by atoms with E-state index in [4.69, 9.17) is 11.6 Å². The van der Waals surface area contributed by atoms with Crippen molar-refractivity contribution in [2.75, 3.05) is 17.3 Å². The number of fused-ring (bicyclic) bond motifs is 1. The molecule has 1 N–H and O–H groups in total. The van der Waals surface area contributed by atoms with Gasteiger partial charge in [-0.1, -0.05) is 29.8 Å². The van der Waals surface area contributed by atoms with Crippen molar-refractivity contribution in [3.8, 4) is 0 Å². The van der Waals surface area contributed by atoms with Gasteiger partial charge in [-0.15, -0.1) is 0 Å². The molecule has 0 bridgehead atoms. The molecule has 1 heterocycles. The molecule has 1 aliphatic heterocycles. The molecule has 0 aliphatic carbocycles. The summed E-state index contributed by atoms with van der Waals surface area (Å²) in [6.45, 7) is 1.87. The third kappa shape index (κ3) is 3.87. The number of thioether (sulfide) groups is 1. The molecule has 27 heavy (non-hydrogen) atoms. The Balaban J connectivity index is 1.87. The van der Waals surface area contributed by atoms with Gasteiger partial charge in [-0.05, 0) is 55.2 Å². The van der Waals surface area contributed by atoms with Gasteiger partial charge in [0, 0.05) is 10.7 Å². The topological polar surface area (TPSA) is 66.5 Å². The van der Waals surface area contributed by atoms with Gasteiger partial charge >= 0.3 is 0 Å². The predicted molar refractivity (Wildman–Crippen MR) is 109 cm³/mol. The maximum Gasteiger partial charge on any atom is 0.262 e. The van der Waals surface area contributed by atoms with Gasteiger partial charge in [0.15, 0.2) is 0 Å². The summed E-state index contributed by atoms with van der Waals surface area (Å²) in [5, 5.41) is 3.32. The van der Waals surface area contributed by atoms with Crippen LogP contribution in [-0.2, 0) is 4.79 Å². The first-order chi connectivity index (χ1) is 12.9. The monoisotopic (exact) mass is 402 g/mol. The molecule has 0 fully saturated rings. The van der Waals surface area contributed by atoms with Crippen molar-refractivity contribution >= 4 is 46.8 Å². The molecular weight excluding hydrogens is 384 g/mol. The van der Waals surface area contributed by atoms with E-state index in [0.29, 0.717) is 34.0 Å². The second kappa shape index (κ2) is 8.15. The SMILES string of the molecule is CSCC[C@@H](C(=O)Nc1ccc(C)c(Cl)c1)N1C(=O)c2ccccc2C1=O. The van der Waals surface area contributed by atoms with Gasteiger partial charge in [0.2, 0.25) is 5.91 Å². The van der Waals surface area contributed by atoms with Crippen LogP contribution in [0.2, 0.25) is 5.02 Å². The summed E-state index contributed by atoms with van der Waals surface area (Å²) in [6.07, 6.45) is 2.29. The molecule has 0 spiro atoms.